The molecule has 2 aromatic rings. The van der Waals surface area contributed by atoms with Crippen LogP contribution in [0.25, 0.3) is 5.57 Å². The highest BCUT2D eigenvalue weighted by Gasteiger charge is 2.42. The minimum atomic E-state index is -0.313. The highest BCUT2D eigenvalue weighted by atomic mass is 16.5. The van der Waals surface area contributed by atoms with E-state index in [2.05, 4.69) is 0 Å². The van der Waals surface area contributed by atoms with E-state index >= 15 is 0 Å². The van der Waals surface area contributed by atoms with Crippen LogP contribution in [0, 0.1) is 0 Å². The molecule has 168 valence electrons. The molecule has 7 nitrogen and oxygen atoms in total. The number of carbonyl (C=O) groups is 2. The zero-order chi connectivity index (χ0) is 22.8. The maximum absolute atomic E-state index is 13.6. The molecule has 1 fully saturated rings. The summed E-state index contributed by atoms with van der Waals surface area (Å²) in [4.78, 5) is 32.4. The van der Waals surface area contributed by atoms with Gasteiger partial charge in [0.25, 0.3) is 11.8 Å². The Labute approximate surface area is 188 Å². The van der Waals surface area contributed by atoms with Crippen LogP contribution < -0.4 is 14.5 Å². The molecule has 0 bridgehead atoms. The van der Waals surface area contributed by atoms with Crippen LogP contribution in [-0.4, -0.2) is 63.2 Å². The number of amides is 2. The number of carbonyl (C=O) groups excluding carboxylic acids is 2. The number of morpholine rings is 1. The largest absolute Gasteiger partial charge is 0.491 e. The molecule has 2 aliphatic rings. The van der Waals surface area contributed by atoms with Crippen molar-refractivity contribution in [2.75, 3.05) is 50.2 Å². The van der Waals surface area contributed by atoms with Crippen molar-refractivity contribution in [1.29, 1.82) is 0 Å². The second kappa shape index (κ2) is 9.04. The number of imide groups is 1. The molecule has 0 atom stereocenters. The number of nitrogens with zero attached hydrogens (tertiary/aromatic N) is 3. The minimum absolute atomic E-state index is 0.0549. The molecule has 0 saturated carbocycles. The topological polar surface area (TPSA) is 62.3 Å². The summed E-state index contributed by atoms with van der Waals surface area (Å²) >= 11 is 0. The van der Waals surface area contributed by atoms with Crippen molar-refractivity contribution in [3.05, 3.63) is 59.8 Å². The molecule has 7 heteroatoms. The first-order valence-electron chi connectivity index (χ1n) is 10.9. The molecule has 2 heterocycles. The average Bonchev–Trinajstić information content (AvgIpc) is 3.04. The van der Waals surface area contributed by atoms with Gasteiger partial charge in [0, 0.05) is 32.9 Å². The first-order chi connectivity index (χ1) is 15.4. The molecule has 2 aliphatic heterocycles. The number of benzene rings is 2. The summed E-state index contributed by atoms with van der Waals surface area (Å²) in [6, 6.07) is 14.8. The Morgan fingerprint density at radius 1 is 0.906 bits per heavy atom. The smallest absolute Gasteiger partial charge is 0.282 e. The summed E-state index contributed by atoms with van der Waals surface area (Å²) in [6.07, 6.45) is 0.0549. The van der Waals surface area contributed by atoms with Crippen LogP contribution in [0.3, 0.4) is 0 Å². The Kier molecular flexibility index (Phi) is 6.19. The number of anilines is 2. The van der Waals surface area contributed by atoms with Gasteiger partial charge in [-0.05, 0) is 55.8 Å². The Morgan fingerprint density at radius 3 is 2.09 bits per heavy atom. The summed E-state index contributed by atoms with van der Waals surface area (Å²) in [5.74, 6) is 0.115. The lowest BCUT2D eigenvalue weighted by Gasteiger charge is -2.29. The van der Waals surface area contributed by atoms with Gasteiger partial charge in [-0.3, -0.25) is 9.59 Å². The fraction of sp³-hybridized carbons (Fsp3) is 0.360. The minimum Gasteiger partial charge on any atom is -0.491 e. The van der Waals surface area contributed by atoms with Gasteiger partial charge in [0.1, 0.15) is 11.4 Å². The normalized spacial score (nSPS) is 16.9. The van der Waals surface area contributed by atoms with Crippen LogP contribution in [0.4, 0.5) is 11.4 Å². The molecule has 2 amide bonds. The van der Waals surface area contributed by atoms with E-state index in [0.29, 0.717) is 48.8 Å². The third-order valence-corrected chi connectivity index (χ3v) is 5.53. The lowest BCUT2D eigenvalue weighted by Crippen LogP contribution is -2.40. The summed E-state index contributed by atoms with van der Waals surface area (Å²) in [5.41, 5.74) is 3.12. The van der Waals surface area contributed by atoms with Gasteiger partial charge < -0.3 is 19.3 Å². The lowest BCUT2D eigenvalue weighted by atomic mass is 10.0. The van der Waals surface area contributed by atoms with E-state index in [1.807, 2.05) is 86.3 Å². The van der Waals surface area contributed by atoms with E-state index in [1.54, 1.807) is 0 Å². The van der Waals surface area contributed by atoms with Crippen LogP contribution in [0.5, 0.6) is 5.75 Å². The highest BCUT2D eigenvalue weighted by Crippen LogP contribution is 2.36. The number of rotatable bonds is 6. The van der Waals surface area contributed by atoms with Gasteiger partial charge in [0.15, 0.2) is 0 Å². The monoisotopic (exact) mass is 435 g/mol. The maximum Gasteiger partial charge on any atom is 0.282 e. The van der Waals surface area contributed by atoms with Gasteiger partial charge in [-0.25, -0.2) is 4.90 Å². The van der Waals surface area contributed by atoms with Crippen molar-refractivity contribution in [2.24, 2.45) is 0 Å². The van der Waals surface area contributed by atoms with Crippen LogP contribution in [0.1, 0.15) is 19.4 Å². The molecule has 0 unspecified atom stereocenters. The highest BCUT2D eigenvalue weighted by molar-refractivity contribution is 6.45. The van der Waals surface area contributed by atoms with Crippen molar-refractivity contribution in [3.8, 4) is 5.75 Å². The standard InChI is InChI=1S/C25H29N3O4/c1-17(2)32-21-11-5-18(6-12-21)22-23(27-13-15-31-16-14-27)25(30)28(24(22)29)20-9-7-19(8-10-20)26(3)4/h5-12,17H,13-16H2,1-4H3. The Hall–Kier alpha value is -3.32. The fourth-order valence-electron chi connectivity index (χ4n) is 3.97. The van der Waals surface area contributed by atoms with Crippen molar-refractivity contribution < 1.29 is 19.1 Å². The maximum atomic E-state index is 13.6. The molecule has 0 spiro atoms. The van der Waals surface area contributed by atoms with Crippen LogP contribution in [0.2, 0.25) is 0 Å². The zero-order valence-corrected chi connectivity index (χ0v) is 19.0. The van der Waals surface area contributed by atoms with E-state index in [9.17, 15) is 9.59 Å². The predicted octanol–water partition coefficient (Wildman–Crippen LogP) is 3.16. The van der Waals surface area contributed by atoms with E-state index in [4.69, 9.17) is 9.47 Å². The van der Waals surface area contributed by atoms with Gasteiger partial charge in [0.2, 0.25) is 0 Å². The van der Waals surface area contributed by atoms with Gasteiger partial charge in [-0.1, -0.05) is 12.1 Å². The molecule has 4 rings (SSSR count). The van der Waals surface area contributed by atoms with Crippen LogP contribution in [-0.2, 0) is 14.3 Å². The molecular weight excluding hydrogens is 406 g/mol. The third kappa shape index (κ3) is 4.21. The van der Waals surface area contributed by atoms with Crippen molar-refractivity contribution in [1.82, 2.24) is 4.90 Å². The van der Waals surface area contributed by atoms with Gasteiger partial charge in [-0.15, -0.1) is 0 Å². The Morgan fingerprint density at radius 2 is 1.53 bits per heavy atom. The first-order valence-corrected chi connectivity index (χ1v) is 10.9. The van der Waals surface area contributed by atoms with Crippen LogP contribution >= 0.6 is 0 Å². The molecule has 32 heavy (non-hydrogen) atoms. The third-order valence-electron chi connectivity index (χ3n) is 5.53. The molecule has 2 aromatic carbocycles. The lowest BCUT2D eigenvalue weighted by molar-refractivity contribution is -0.121. The van der Waals surface area contributed by atoms with Gasteiger partial charge >= 0.3 is 0 Å². The van der Waals surface area contributed by atoms with Crippen molar-refractivity contribution in [2.45, 2.75) is 20.0 Å². The number of hydrogen-bond acceptors (Lipinski definition) is 6. The molecule has 0 aliphatic carbocycles. The second-order valence-electron chi connectivity index (χ2n) is 8.37. The molecule has 0 radical (unpaired) electrons. The molecule has 0 N–H and O–H groups in total. The zero-order valence-electron chi connectivity index (χ0n) is 19.0. The molecular formula is C25H29N3O4. The SMILES string of the molecule is CC(C)Oc1ccc(C2=C(N3CCOCC3)C(=O)N(c3ccc(N(C)C)cc3)C2=O)cc1. The molecule has 0 aromatic heterocycles. The number of hydrogen-bond donors (Lipinski definition) is 0. The molecule has 1 saturated heterocycles. The summed E-state index contributed by atoms with van der Waals surface area (Å²) < 4.78 is 11.2. The summed E-state index contributed by atoms with van der Waals surface area (Å²) in [5, 5.41) is 0. The quantitative estimate of drug-likeness (QED) is 0.650. The fourth-order valence-corrected chi connectivity index (χ4v) is 3.97. The van der Waals surface area contributed by atoms with Gasteiger partial charge in [-0.2, -0.15) is 0 Å². The van der Waals surface area contributed by atoms with E-state index < -0.39 is 0 Å². The second-order valence-corrected chi connectivity index (χ2v) is 8.37. The Bertz CT molecular complexity index is 1020. The van der Waals surface area contributed by atoms with E-state index in [0.717, 1.165) is 11.4 Å². The van der Waals surface area contributed by atoms with E-state index in [1.165, 1.54) is 4.90 Å². The van der Waals surface area contributed by atoms with Gasteiger partial charge in [0.05, 0.1) is 30.6 Å². The summed E-state index contributed by atoms with van der Waals surface area (Å²) in [7, 11) is 3.90. The predicted molar refractivity (Wildman–Crippen MR) is 125 cm³/mol. The average molecular weight is 436 g/mol. The van der Waals surface area contributed by atoms with Crippen molar-refractivity contribution >= 4 is 28.8 Å². The van der Waals surface area contributed by atoms with E-state index in [-0.39, 0.29) is 17.9 Å². The first kappa shape index (κ1) is 21.9. The summed E-state index contributed by atoms with van der Waals surface area (Å²) in [6.45, 7) is 6.12. The Balaban J connectivity index is 1.73. The van der Waals surface area contributed by atoms with Crippen LogP contribution in [0.15, 0.2) is 54.2 Å². The number of ether oxygens (including phenoxy) is 2. The van der Waals surface area contributed by atoms with Crippen molar-refractivity contribution in [3.63, 3.8) is 0 Å².